The Morgan fingerprint density at radius 3 is 2.43 bits per heavy atom. The molecule has 1 aliphatic rings. The fourth-order valence-electron chi connectivity index (χ4n) is 2.96. The number of anilines is 1. The fraction of sp³-hybridized carbons (Fsp3) is 0.333. The first kappa shape index (κ1) is 15.9. The van der Waals surface area contributed by atoms with E-state index in [4.69, 9.17) is 4.74 Å². The molecule has 2 aromatic carbocycles. The van der Waals surface area contributed by atoms with E-state index in [0.29, 0.717) is 16.3 Å². The van der Waals surface area contributed by atoms with Crippen LogP contribution in [-0.4, -0.2) is 15.5 Å². The normalized spacial score (nSPS) is 14.2. The SMILES string of the molecule is COc1ccc(NS(=O)(=O)c2ccc3c(c2)CCCC3)c(C)c1. The Morgan fingerprint density at radius 2 is 1.74 bits per heavy atom. The summed E-state index contributed by atoms with van der Waals surface area (Å²) in [5.41, 5.74) is 3.83. The molecular formula is C18H21NO3S. The van der Waals surface area contributed by atoms with Gasteiger partial charge in [0.2, 0.25) is 0 Å². The van der Waals surface area contributed by atoms with Crippen LogP contribution in [0.2, 0.25) is 0 Å². The van der Waals surface area contributed by atoms with Gasteiger partial charge in [0.05, 0.1) is 17.7 Å². The predicted octanol–water partition coefficient (Wildman–Crippen LogP) is 3.68. The molecule has 5 heteroatoms. The summed E-state index contributed by atoms with van der Waals surface area (Å²) >= 11 is 0. The largest absolute Gasteiger partial charge is 0.497 e. The molecule has 0 bridgehead atoms. The minimum Gasteiger partial charge on any atom is -0.497 e. The Balaban J connectivity index is 1.90. The van der Waals surface area contributed by atoms with Gasteiger partial charge in [-0.15, -0.1) is 0 Å². The predicted molar refractivity (Wildman–Crippen MR) is 91.6 cm³/mol. The van der Waals surface area contributed by atoms with Crippen molar-refractivity contribution >= 4 is 15.7 Å². The quantitative estimate of drug-likeness (QED) is 0.930. The van der Waals surface area contributed by atoms with Gasteiger partial charge in [0.1, 0.15) is 5.75 Å². The average molecular weight is 331 g/mol. The standard InChI is InChI=1S/C18H21NO3S/c1-13-11-16(22-2)8-10-18(13)19-23(20,21)17-9-7-14-5-3-4-6-15(14)12-17/h7-12,19H,3-6H2,1-2H3. The summed E-state index contributed by atoms with van der Waals surface area (Å²) in [6.07, 6.45) is 4.31. The zero-order valence-electron chi connectivity index (χ0n) is 13.4. The van der Waals surface area contributed by atoms with Crippen LogP contribution in [0.25, 0.3) is 0 Å². The van der Waals surface area contributed by atoms with E-state index in [1.807, 2.05) is 25.1 Å². The van der Waals surface area contributed by atoms with Crippen molar-refractivity contribution < 1.29 is 13.2 Å². The maximum absolute atomic E-state index is 12.7. The van der Waals surface area contributed by atoms with Crippen molar-refractivity contribution in [1.82, 2.24) is 0 Å². The van der Waals surface area contributed by atoms with Crippen LogP contribution in [0.15, 0.2) is 41.3 Å². The maximum atomic E-state index is 12.7. The van der Waals surface area contributed by atoms with Crippen LogP contribution in [0.4, 0.5) is 5.69 Å². The summed E-state index contributed by atoms with van der Waals surface area (Å²) in [6.45, 7) is 1.85. The van der Waals surface area contributed by atoms with Gasteiger partial charge in [0.15, 0.2) is 0 Å². The van der Waals surface area contributed by atoms with Crippen molar-refractivity contribution in [2.75, 3.05) is 11.8 Å². The zero-order chi connectivity index (χ0) is 16.4. The molecule has 0 unspecified atom stereocenters. The van der Waals surface area contributed by atoms with Crippen molar-refractivity contribution in [3.8, 4) is 5.75 Å². The summed E-state index contributed by atoms with van der Waals surface area (Å²) in [5, 5.41) is 0. The van der Waals surface area contributed by atoms with Gasteiger partial charge < -0.3 is 4.74 Å². The van der Waals surface area contributed by atoms with Gasteiger partial charge in [-0.2, -0.15) is 0 Å². The number of fused-ring (bicyclic) bond motifs is 1. The highest BCUT2D eigenvalue weighted by molar-refractivity contribution is 7.92. The number of hydrogen-bond acceptors (Lipinski definition) is 3. The summed E-state index contributed by atoms with van der Waals surface area (Å²) < 4.78 is 33.1. The first-order valence-corrected chi connectivity index (χ1v) is 9.27. The van der Waals surface area contributed by atoms with Gasteiger partial charge in [-0.3, -0.25) is 4.72 Å². The van der Waals surface area contributed by atoms with Crippen LogP contribution in [0.1, 0.15) is 29.5 Å². The van der Waals surface area contributed by atoms with Crippen LogP contribution in [0, 0.1) is 6.92 Å². The molecule has 1 N–H and O–H groups in total. The van der Waals surface area contributed by atoms with Crippen molar-refractivity contribution in [1.29, 1.82) is 0 Å². The van der Waals surface area contributed by atoms with Gasteiger partial charge in [0, 0.05) is 0 Å². The lowest BCUT2D eigenvalue weighted by atomic mass is 9.92. The number of ether oxygens (including phenoxy) is 1. The van der Waals surface area contributed by atoms with Crippen LogP contribution < -0.4 is 9.46 Å². The van der Waals surface area contributed by atoms with E-state index < -0.39 is 10.0 Å². The summed E-state index contributed by atoms with van der Waals surface area (Å²) in [7, 11) is -1.99. The van der Waals surface area contributed by atoms with Crippen molar-refractivity contribution in [3.05, 3.63) is 53.1 Å². The van der Waals surface area contributed by atoms with Crippen molar-refractivity contribution in [3.63, 3.8) is 0 Å². The van der Waals surface area contributed by atoms with E-state index in [9.17, 15) is 8.42 Å². The Hall–Kier alpha value is -2.01. The van der Waals surface area contributed by atoms with Crippen LogP contribution >= 0.6 is 0 Å². The van der Waals surface area contributed by atoms with E-state index in [2.05, 4.69) is 4.72 Å². The second-order valence-corrected chi connectivity index (χ2v) is 7.61. The summed E-state index contributed by atoms with van der Waals surface area (Å²) in [4.78, 5) is 0.327. The highest BCUT2D eigenvalue weighted by atomic mass is 32.2. The third-order valence-corrected chi connectivity index (χ3v) is 5.67. The number of hydrogen-bond donors (Lipinski definition) is 1. The molecule has 0 spiro atoms. The van der Waals surface area contributed by atoms with Gasteiger partial charge in [-0.25, -0.2) is 8.42 Å². The molecule has 0 atom stereocenters. The van der Waals surface area contributed by atoms with E-state index in [0.717, 1.165) is 30.4 Å². The zero-order valence-corrected chi connectivity index (χ0v) is 14.2. The lowest BCUT2D eigenvalue weighted by molar-refractivity contribution is 0.414. The Bertz CT molecular complexity index is 828. The topological polar surface area (TPSA) is 55.4 Å². The van der Waals surface area contributed by atoms with Gasteiger partial charge >= 0.3 is 0 Å². The first-order valence-electron chi connectivity index (χ1n) is 7.79. The molecule has 2 aromatic rings. The number of methoxy groups -OCH3 is 1. The number of sulfonamides is 1. The first-order chi connectivity index (χ1) is 11.0. The number of rotatable bonds is 4. The third kappa shape index (κ3) is 3.34. The number of aryl methyl sites for hydroxylation is 3. The molecule has 1 aliphatic carbocycles. The Labute approximate surface area is 137 Å². The second kappa shape index (κ2) is 6.24. The van der Waals surface area contributed by atoms with Crippen LogP contribution in [0.3, 0.4) is 0 Å². The summed E-state index contributed by atoms with van der Waals surface area (Å²) in [5.74, 6) is 0.708. The van der Waals surface area contributed by atoms with Crippen LogP contribution in [0.5, 0.6) is 5.75 Å². The lowest BCUT2D eigenvalue weighted by Crippen LogP contribution is -2.15. The Kier molecular flexibility index (Phi) is 4.31. The highest BCUT2D eigenvalue weighted by Crippen LogP contribution is 2.27. The highest BCUT2D eigenvalue weighted by Gasteiger charge is 2.18. The molecular weight excluding hydrogens is 310 g/mol. The van der Waals surface area contributed by atoms with E-state index in [1.54, 1.807) is 25.3 Å². The smallest absolute Gasteiger partial charge is 0.261 e. The van der Waals surface area contributed by atoms with E-state index in [1.165, 1.54) is 12.0 Å². The molecule has 0 aromatic heterocycles. The molecule has 0 aliphatic heterocycles. The minimum atomic E-state index is -3.58. The number of nitrogens with one attached hydrogen (secondary N) is 1. The summed E-state index contributed by atoms with van der Waals surface area (Å²) in [6, 6.07) is 10.7. The van der Waals surface area contributed by atoms with Crippen molar-refractivity contribution in [2.45, 2.75) is 37.5 Å². The third-order valence-electron chi connectivity index (χ3n) is 4.31. The molecule has 0 radical (unpaired) electrons. The van der Waals surface area contributed by atoms with Gasteiger partial charge in [-0.1, -0.05) is 6.07 Å². The van der Waals surface area contributed by atoms with Crippen LogP contribution in [-0.2, 0) is 22.9 Å². The molecule has 122 valence electrons. The maximum Gasteiger partial charge on any atom is 0.261 e. The molecule has 0 amide bonds. The van der Waals surface area contributed by atoms with Gasteiger partial charge in [-0.05, 0) is 79.6 Å². The molecule has 0 fully saturated rings. The molecule has 0 saturated heterocycles. The number of benzene rings is 2. The molecule has 3 rings (SSSR count). The molecule has 23 heavy (non-hydrogen) atoms. The average Bonchev–Trinajstić information content (AvgIpc) is 2.56. The van der Waals surface area contributed by atoms with Gasteiger partial charge in [0.25, 0.3) is 10.0 Å². The van der Waals surface area contributed by atoms with E-state index >= 15 is 0 Å². The lowest BCUT2D eigenvalue weighted by Gasteiger charge is -2.17. The minimum absolute atomic E-state index is 0.327. The monoisotopic (exact) mass is 331 g/mol. The fourth-order valence-corrected chi connectivity index (χ4v) is 4.14. The van der Waals surface area contributed by atoms with Crippen molar-refractivity contribution in [2.24, 2.45) is 0 Å². The van der Waals surface area contributed by atoms with E-state index in [-0.39, 0.29) is 0 Å². The second-order valence-electron chi connectivity index (χ2n) is 5.92. The Morgan fingerprint density at radius 1 is 1.00 bits per heavy atom. The molecule has 4 nitrogen and oxygen atoms in total. The molecule has 0 heterocycles. The molecule has 0 saturated carbocycles.